The van der Waals surface area contributed by atoms with E-state index in [2.05, 4.69) is 10.3 Å². The monoisotopic (exact) mass is 218 g/mol. The molecule has 0 atom stereocenters. The Hall–Kier alpha value is -0.120. The highest BCUT2D eigenvalue weighted by Crippen LogP contribution is 2.04. The number of nitrogens with zero attached hydrogens (tertiary/aromatic N) is 1. The second-order valence-corrected chi connectivity index (χ2v) is 4.24. The van der Waals surface area contributed by atoms with Crippen LogP contribution in [0, 0.1) is 0 Å². The molecule has 0 spiro atoms. The summed E-state index contributed by atoms with van der Waals surface area (Å²) < 4.78 is 0. The number of unbranched alkanes of at least 4 members (excludes halogenated alkanes) is 2. The van der Waals surface area contributed by atoms with Crippen LogP contribution in [0.15, 0.2) is 11.7 Å². The van der Waals surface area contributed by atoms with E-state index in [9.17, 15) is 0 Å². The minimum Gasteiger partial charge on any atom is -0.312 e. The summed E-state index contributed by atoms with van der Waals surface area (Å²) in [5, 5.41) is 3.37. The molecule has 0 aliphatic carbocycles. The summed E-state index contributed by atoms with van der Waals surface area (Å²) in [4.78, 5) is 5.31. The number of aromatic nitrogens is 1. The molecule has 1 N–H and O–H groups in total. The van der Waals surface area contributed by atoms with Crippen LogP contribution in [0.1, 0.15) is 24.1 Å². The fraction of sp³-hybridized carbons (Fsp3) is 0.667. The van der Waals surface area contributed by atoms with Crippen molar-refractivity contribution in [2.75, 3.05) is 12.4 Å². The van der Waals surface area contributed by atoms with E-state index in [0.29, 0.717) is 0 Å². The number of nitrogens with one attached hydrogen (secondary N) is 1. The first-order valence-corrected chi connectivity index (χ1v) is 5.99. The molecule has 13 heavy (non-hydrogen) atoms. The summed E-state index contributed by atoms with van der Waals surface area (Å²) in [6, 6.07) is 0. The third-order valence-corrected chi connectivity index (χ3v) is 2.82. The van der Waals surface area contributed by atoms with Crippen molar-refractivity contribution in [3.05, 3.63) is 16.6 Å². The predicted octanol–water partition coefficient (Wildman–Crippen LogP) is 2.64. The number of halogens is 1. The molecule has 0 aromatic carbocycles. The Morgan fingerprint density at radius 2 is 2.31 bits per heavy atom. The first-order valence-electron chi connectivity index (χ1n) is 4.57. The molecule has 0 radical (unpaired) electrons. The van der Waals surface area contributed by atoms with E-state index in [-0.39, 0.29) is 0 Å². The largest absolute Gasteiger partial charge is 0.312 e. The molecule has 0 unspecified atom stereocenters. The molecule has 0 fully saturated rings. The fourth-order valence-corrected chi connectivity index (χ4v) is 1.82. The molecule has 1 aromatic rings. The Balaban J connectivity index is 1.90. The first-order chi connectivity index (χ1) is 6.43. The standard InChI is InChI=1S/C9H15ClN2S/c10-4-2-1-3-5-11-6-9-7-12-8-13-9/h7-8,11H,1-6H2. The van der Waals surface area contributed by atoms with Crippen LogP contribution in [-0.2, 0) is 6.54 Å². The Bertz CT molecular complexity index is 201. The lowest BCUT2D eigenvalue weighted by Gasteiger charge is -2.01. The number of hydrogen-bond acceptors (Lipinski definition) is 3. The zero-order valence-electron chi connectivity index (χ0n) is 7.63. The minimum absolute atomic E-state index is 0.787. The third kappa shape index (κ3) is 5.24. The van der Waals surface area contributed by atoms with Gasteiger partial charge in [-0.2, -0.15) is 0 Å². The lowest BCUT2D eigenvalue weighted by molar-refractivity contribution is 0.621. The molecule has 0 saturated heterocycles. The average molecular weight is 219 g/mol. The Kier molecular flexibility index (Phi) is 6.15. The van der Waals surface area contributed by atoms with E-state index >= 15 is 0 Å². The van der Waals surface area contributed by atoms with E-state index < -0.39 is 0 Å². The summed E-state index contributed by atoms with van der Waals surface area (Å²) in [6.45, 7) is 2.03. The summed E-state index contributed by atoms with van der Waals surface area (Å²) in [5.74, 6) is 0.787. The van der Waals surface area contributed by atoms with Crippen LogP contribution >= 0.6 is 22.9 Å². The first kappa shape index (κ1) is 11.0. The molecule has 0 amide bonds. The van der Waals surface area contributed by atoms with Crippen LogP contribution in [-0.4, -0.2) is 17.4 Å². The Morgan fingerprint density at radius 3 is 3.00 bits per heavy atom. The van der Waals surface area contributed by atoms with Crippen molar-refractivity contribution in [2.24, 2.45) is 0 Å². The maximum Gasteiger partial charge on any atom is 0.0794 e. The van der Waals surface area contributed by atoms with Gasteiger partial charge in [-0.25, -0.2) is 0 Å². The molecule has 0 saturated carbocycles. The summed E-state index contributed by atoms with van der Waals surface area (Å²) in [7, 11) is 0. The van der Waals surface area contributed by atoms with Gasteiger partial charge < -0.3 is 5.32 Å². The van der Waals surface area contributed by atoms with Gasteiger partial charge in [0.05, 0.1) is 5.51 Å². The highest BCUT2D eigenvalue weighted by Gasteiger charge is 1.93. The zero-order chi connectivity index (χ0) is 9.36. The van der Waals surface area contributed by atoms with Crippen molar-refractivity contribution < 1.29 is 0 Å². The summed E-state index contributed by atoms with van der Waals surface area (Å²) >= 11 is 7.27. The van der Waals surface area contributed by atoms with Gasteiger partial charge in [-0.1, -0.05) is 6.42 Å². The molecule has 0 aliphatic heterocycles. The van der Waals surface area contributed by atoms with Crippen LogP contribution < -0.4 is 5.32 Å². The van der Waals surface area contributed by atoms with Crippen molar-refractivity contribution in [1.29, 1.82) is 0 Å². The molecule has 2 nitrogen and oxygen atoms in total. The molecule has 1 rings (SSSR count). The Labute approximate surface area is 88.3 Å². The van der Waals surface area contributed by atoms with Crippen molar-refractivity contribution >= 4 is 22.9 Å². The zero-order valence-corrected chi connectivity index (χ0v) is 9.20. The highest BCUT2D eigenvalue weighted by atomic mass is 35.5. The fourth-order valence-electron chi connectivity index (χ4n) is 1.06. The molecule has 0 bridgehead atoms. The van der Waals surface area contributed by atoms with Crippen LogP contribution in [0.5, 0.6) is 0 Å². The molecular formula is C9H15ClN2S. The number of rotatable bonds is 7. The van der Waals surface area contributed by atoms with Crippen molar-refractivity contribution in [1.82, 2.24) is 10.3 Å². The molecular weight excluding hydrogens is 204 g/mol. The average Bonchev–Trinajstić information content (AvgIpc) is 2.63. The summed E-state index contributed by atoms with van der Waals surface area (Å²) in [5.41, 5.74) is 1.87. The van der Waals surface area contributed by atoms with Gasteiger partial charge in [0.25, 0.3) is 0 Å². The van der Waals surface area contributed by atoms with Crippen LogP contribution in [0.25, 0.3) is 0 Å². The highest BCUT2D eigenvalue weighted by molar-refractivity contribution is 7.09. The van der Waals surface area contributed by atoms with Gasteiger partial charge in [-0.05, 0) is 19.4 Å². The van der Waals surface area contributed by atoms with Gasteiger partial charge >= 0.3 is 0 Å². The Morgan fingerprint density at radius 1 is 1.38 bits per heavy atom. The second-order valence-electron chi connectivity index (χ2n) is 2.89. The maximum atomic E-state index is 5.57. The smallest absolute Gasteiger partial charge is 0.0794 e. The SMILES string of the molecule is ClCCCCCNCc1cncs1. The second kappa shape index (κ2) is 7.30. The van der Waals surface area contributed by atoms with Crippen LogP contribution in [0.4, 0.5) is 0 Å². The van der Waals surface area contributed by atoms with Gasteiger partial charge in [-0.3, -0.25) is 4.98 Å². The van der Waals surface area contributed by atoms with E-state index in [1.807, 2.05) is 11.7 Å². The number of hydrogen-bond donors (Lipinski definition) is 1. The van der Waals surface area contributed by atoms with Crippen molar-refractivity contribution in [3.63, 3.8) is 0 Å². The third-order valence-electron chi connectivity index (χ3n) is 1.77. The van der Waals surface area contributed by atoms with E-state index in [0.717, 1.165) is 25.4 Å². The van der Waals surface area contributed by atoms with Gasteiger partial charge in [-0.15, -0.1) is 22.9 Å². The summed E-state index contributed by atoms with van der Waals surface area (Å²) in [6.07, 6.45) is 5.48. The molecule has 0 aliphatic rings. The van der Waals surface area contributed by atoms with E-state index in [4.69, 9.17) is 11.6 Å². The lowest BCUT2D eigenvalue weighted by Crippen LogP contribution is -2.13. The number of thiazole rings is 1. The molecule has 1 aromatic heterocycles. The van der Waals surface area contributed by atoms with Crippen LogP contribution in [0.3, 0.4) is 0 Å². The van der Waals surface area contributed by atoms with Crippen molar-refractivity contribution in [3.8, 4) is 0 Å². The van der Waals surface area contributed by atoms with Gasteiger partial charge in [0.1, 0.15) is 0 Å². The van der Waals surface area contributed by atoms with Gasteiger partial charge in [0.15, 0.2) is 0 Å². The molecule has 4 heteroatoms. The minimum atomic E-state index is 0.787. The maximum absolute atomic E-state index is 5.57. The molecule has 1 heterocycles. The number of alkyl halides is 1. The lowest BCUT2D eigenvalue weighted by atomic mass is 10.2. The van der Waals surface area contributed by atoms with Crippen LogP contribution in [0.2, 0.25) is 0 Å². The van der Waals surface area contributed by atoms with Crippen molar-refractivity contribution in [2.45, 2.75) is 25.8 Å². The predicted molar refractivity (Wildman–Crippen MR) is 58.4 cm³/mol. The van der Waals surface area contributed by atoms with E-state index in [1.165, 1.54) is 17.7 Å². The molecule has 74 valence electrons. The van der Waals surface area contributed by atoms with Gasteiger partial charge in [0, 0.05) is 23.5 Å². The van der Waals surface area contributed by atoms with Gasteiger partial charge in [0.2, 0.25) is 0 Å². The van der Waals surface area contributed by atoms with E-state index in [1.54, 1.807) is 11.3 Å². The topological polar surface area (TPSA) is 24.9 Å². The normalized spacial score (nSPS) is 10.5. The quantitative estimate of drug-likeness (QED) is 0.562.